The smallest absolute Gasteiger partial charge is 0.324 e. The lowest BCUT2D eigenvalue weighted by molar-refractivity contribution is -0.152. The van der Waals surface area contributed by atoms with Crippen molar-refractivity contribution in [2.75, 3.05) is 0 Å². The average molecular weight is 362 g/mol. The van der Waals surface area contributed by atoms with E-state index < -0.39 is 0 Å². The van der Waals surface area contributed by atoms with Crippen LogP contribution in [0.25, 0.3) is 0 Å². The molecule has 0 rings (SSSR count). The number of carbonyl (C=O) groups excluding carboxylic acids is 1. The quantitative estimate of drug-likeness (QED) is 0.191. The summed E-state index contributed by atoms with van der Waals surface area (Å²) in [6.45, 7) is 6.11. The molecule has 0 heterocycles. The van der Waals surface area contributed by atoms with E-state index in [1.54, 1.807) is 0 Å². The summed E-state index contributed by atoms with van der Waals surface area (Å²) in [5.74, 6) is -0.186. The van der Waals surface area contributed by atoms with Gasteiger partial charge in [0.25, 0.3) is 0 Å². The van der Waals surface area contributed by atoms with Gasteiger partial charge in [0.2, 0.25) is 0 Å². The van der Waals surface area contributed by atoms with E-state index in [1.165, 1.54) is 25.7 Å². The zero-order valence-corrected chi connectivity index (χ0v) is 17.1. The molecule has 148 valence electrons. The van der Waals surface area contributed by atoms with Crippen molar-refractivity contribution in [3.63, 3.8) is 0 Å². The van der Waals surface area contributed by atoms with Gasteiger partial charge >= 0.3 is 5.97 Å². The lowest BCUT2D eigenvalue weighted by Crippen LogP contribution is -2.26. The van der Waals surface area contributed by atoms with Crippen molar-refractivity contribution in [1.29, 1.82) is 0 Å². The van der Waals surface area contributed by atoms with Gasteiger partial charge < -0.3 is 4.84 Å². The zero-order valence-electron chi connectivity index (χ0n) is 17.1. The molecule has 3 heteroatoms. The first-order valence-electron chi connectivity index (χ1n) is 10.2. The highest BCUT2D eigenvalue weighted by atomic mass is 16.7. The number of hydrogen-bond acceptors (Lipinski definition) is 3. The molecule has 26 heavy (non-hydrogen) atoms. The summed E-state index contributed by atoms with van der Waals surface area (Å²) >= 11 is 0. The molecule has 0 saturated heterocycles. The van der Waals surface area contributed by atoms with Crippen LogP contribution < -0.4 is 5.48 Å². The van der Waals surface area contributed by atoms with Gasteiger partial charge in [0, 0.05) is 12.5 Å². The number of nitrogens with one attached hydrogen (secondary N) is 1. The number of carbonyl (C=O) groups is 1. The Kier molecular flexibility index (Phi) is 18.5. The minimum atomic E-state index is -0.186. The highest BCUT2D eigenvalue weighted by molar-refractivity contribution is 5.68. The Morgan fingerprint density at radius 2 is 1.31 bits per heavy atom. The molecule has 0 fully saturated rings. The molecule has 0 unspecified atom stereocenters. The molecule has 0 aliphatic carbocycles. The van der Waals surface area contributed by atoms with Crippen molar-refractivity contribution in [2.45, 2.75) is 91.0 Å². The maximum atomic E-state index is 11.4. The minimum absolute atomic E-state index is 0.160. The van der Waals surface area contributed by atoms with Crippen LogP contribution >= 0.6 is 0 Å². The minimum Gasteiger partial charge on any atom is -0.370 e. The lowest BCUT2D eigenvalue weighted by atomic mass is 10.2. The summed E-state index contributed by atoms with van der Waals surface area (Å²) < 4.78 is 0. The molecule has 0 radical (unpaired) electrons. The van der Waals surface area contributed by atoms with Crippen LogP contribution in [0.5, 0.6) is 0 Å². The highest BCUT2D eigenvalue weighted by Gasteiger charge is 2.02. The van der Waals surface area contributed by atoms with Gasteiger partial charge in [-0.15, -0.1) is 0 Å². The van der Waals surface area contributed by atoms with Crippen LogP contribution in [-0.2, 0) is 9.63 Å². The van der Waals surface area contributed by atoms with Crippen molar-refractivity contribution in [2.24, 2.45) is 0 Å². The molecule has 0 atom stereocenters. The normalized spacial score (nSPS) is 12.5. The molecule has 0 aliphatic rings. The van der Waals surface area contributed by atoms with Crippen molar-refractivity contribution >= 4 is 5.97 Å². The van der Waals surface area contributed by atoms with E-state index in [0.717, 1.165) is 32.1 Å². The monoisotopic (exact) mass is 361 g/mol. The van der Waals surface area contributed by atoms with Gasteiger partial charge in [0.05, 0.1) is 0 Å². The molecule has 0 aliphatic heterocycles. The topological polar surface area (TPSA) is 38.3 Å². The van der Waals surface area contributed by atoms with Crippen LogP contribution in [0, 0.1) is 0 Å². The average Bonchev–Trinajstić information content (AvgIpc) is 2.62. The van der Waals surface area contributed by atoms with Crippen LogP contribution in [0.4, 0.5) is 0 Å². The third-order valence-electron chi connectivity index (χ3n) is 3.62. The molecule has 0 amide bonds. The molecular weight excluding hydrogens is 322 g/mol. The lowest BCUT2D eigenvalue weighted by Gasteiger charge is -2.07. The highest BCUT2D eigenvalue weighted by Crippen LogP contribution is 2.02. The maximum absolute atomic E-state index is 11.4. The van der Waals surface area contributed by atoms with E-state index in [0.29, 0.717) is 6.42 Å². The van der Waals surface area contributed by atoms with Crippen LogP contribution in [0.3, 0.4) is 0 Å². The van der Waals surface area contributed by atoms with E-state index in [-0.39, 0.29) is 12.0 Å². The van der Waals surface area contributed by atoms with Crippen LogP contribution in [-0.4, -0.2) is 12.0 Å². The van der Waals surface area contributed by atoms with Crippen LogP contribution in [0.2, 0.25) is 0 Å². The number of rotatable bonds is 16. The molecule has 0 saturated carbocycles. The summed E-state index contributed by atoms with van der Waals surface area (Å²) in [5, 5.41) is 0. The first-order chi connectivity index (χ1) is 12.7. The maximum Gasteiger partial charge on any atom is 0.324 e. The third kappa shape index (κ3) is 20.4. The predicted octanol–water partition coefficient (Wildman–Crippen LogP) is 6.59. The molecular formula is C23H39NO2. The van der Waals surface area contributed by atoms with E-state index >= 15 is 0 Å². The van der Waals surface area contributed by atoms with E-state index in [9.17, 15) is 4.79 Å². The van der Waals surface area contributed by atoms with E-state index in [2.05, 4.69) is 61.0 Å². The van der Waals surface area contributed by atoms with Gasteiger partial charge in [-0.2, -0.15) is 5.48 Å². The van der Waals surface area contributed by atoms with Crippen LogP contribution in [0.1, 0.15) is 85.0 Å². The van der Waals surface area contributed by atoms with Crippen molar-refractivity contribution < 1.29 is 9.63 Å². The number of hydrogen-bond donors (Lipinski definition) is 1. The van der Waals surface area contributed by atoms with Gasteiger partial charge in [0.15, 0.2) is 0 Å². The van der Waals surface area contributed by atoms with Crippen molar-refractivity contribution in [1.82, 2.24) is 5.48 Å². The Hall–Kier alpha value is -1.61. The fraction of sp³-hybridized carbons (Fsp3) is 0.609. The van der Waals surface area contributed by atoms with Crippen molar-refractivity contribution in [3.05, 3.63) is 48.6 Å². The van der Waals surface area contributed by atoms with Gasteiger partial charge in [0.1, 0.15) is 0 Å². The summed E-state index contributed by atoms with van der Waals surface area (Å²) in [6, 6.07) is 0.160. The first kappa shape index (κ1) is 24.4. The van der Waals surface area contributed by atoms with E-state index in [1.807, 2.05) is 13.8 Å². The summed E-state index contributed by atoms with van der Waals surface area (Å²) in [6.07, 6.45) is 28.0. The SMILES string of the molecule is CCCCCC=CCC=CCC=CCC=CCCCC(=O)ONC(C)C. The molecule has 3 nitrogen and oxygen atoms in total. The second-order valence-corrected chi connectivity index (χ2v) is 6.73. The Morgan fingerprint density at radius 3 is 1.81 bits per heavy atom. The molecule has 0 aromatic carbocycles. The van der Waals surface area contributed by atoms with Crippen molar-refractivity contribution in [3.8, 4) is 0 Å². The van der Waals surface area contributed by atoms with Crippen LogP contribution in [0.15, 0.2) is 48.6 Å². The molecule has 0 bridgehead atoms. The molecule has 0 spiro atoms. The molecule has 1 N–H and O–H groups in total. The Labute approximate surface area is 161 Å². The largest absolute Gasteiger partial charge is 0.370 e. The van der Waals surface area contributed by atoms with E-state index in [4.69, 9.17) is 4.84 Å². The predicted molar refractivity (Wildman–Crippen MR) is 113 cm³/mol. The number of hydroxylamine groups is 1. The molecule has 0 aromatic rings. The zero-order chi connectivity index (χ0) is 19.3. The Balaban J connectivity index is 3.47. The Morgan fingerprint density at radius 1 is 0.808 bits per heavy atom. The second-order valence-electron chi connectivity index (χ2n) is 6.73. The first-order valence-corrected chi connectivity index (χ1v) is 10.2. The third-order valence-corrected chi connectivity index (χ3v) is 3.62. The number of allylic oxidation sites excluding steroid dienone is 8. The van der Waals surface area contributed by atoms with Gasteiger partial charge in [-0.25, -0.2) is 0 Å². The summed E-state index contributed by atoms with van der Waals surface area (Å²) in [4.78, 5) is 16.3. The standard InChI is InChI=1S/C23H39NO2/c1-4-5-6-7-8-9-10-11-12-13-14-15-16-17-18-19-20-21-23(25)26-24-22(2)3/h8-9,11-12,14-15,17-18,22,24H,4-7,10,13,16,19-21H2,1-3H3. The van der Waals surface area contributed by atoms with Gasteiger partial charge in [-0.3, -0.25) is 4.79 Å². The molecule has 0 aromatic heterocycles. The number of unbranched alkanes of at least 4 members (excludes halogenated alkanes) is 4. The second kappa shape index (κ2) is 19.7. The fourth-order valence-electron chi connectivity index (χ4n) is 2.16. The summed E-state index contributed by atoms with van der Waals surface area (Å²) in [5.41, 5.74) is 2.67. The summed E-state index contributed by atoms with van der Waals surface area (Å²) in [7, 11) is 0. The van der Waals surface area contributed by atoms with Gasteiger partial charge in [-0.1, -0.05) is 68.4 Å². The fourth-order valence-corrected chi connectivity index (χ4v) is 2.16. The van der Waals surface area contributed by atoms with Gasteiger partial charge in [-0.05, 0) is 58.8 Å². The Bertz CT molecular complexity index is 433.